The Morgan fingerprint density at radius 3 is 2.57 bits per heavy atom. The molecule has 0 unspecified atom stereocenters. The lowest BCUT2D eigenvalue weighted by Crippen LogP contribution is -2.43. The number of hydrogen-bond acceptors (Lipinski definition) is 5. The monoisotopic (exact) mass is 473 g/mol. The van der Waals surface area contributed by atoms with Gasteiger partial charge in [-0.05, 0) is 30.5 Å². The summed E-state index contributed by atoms with van der Waals surface area (Å²) in [6.07, 6.45) is 5.75. The van der Waals surface area contributed by atoms with Crippen molar-refractivity contribution >= 4 is 22.8 Å². The topological polar surface area (TPSA) is 100 Å². The second-order valence-corrected chi connectivity index (χ2v) is 8.79. The quantitative estimate of drug-likeness (QED) is 0.444. The van der Waals surface area contributed by atoms with Crippen LogP contribution < -0.4 is 21.3 Å². The first-order valence-electron chi connectivity index (χ1n) is 11.7. The number of benzene rings is 2. The molecule has 35 heavy (non-hydrogen) atoms. The molecule has 1 fully saturated rings. The number of rotatable bonds is 7. The first-order valence-corrected chi connectivity index (χ1v) is 11.7. The number of methoxy groups -OCH3 is 1. The van der Waals surface area contributed by atoms with Gasteiger partial charge in [0.05, 0.1) is 20.0 Å². The van der Waals surface area contributed by atoms with E-state index >= 15 is 0 Å². The molecular weight excluding hydrogens is 446 g/mol. The van der Waals surface area contributed by atoms with Crippen LogP contribution in [0.2, 0.25) is 0 Å². The minimum absolute atomic E-state index is 0.162. The average molecular weight is 474 g/mol. The third-order valence-electron chi connectivity index (χ3n) is 6.50. The number of amides is 1. The summed E-state index contributed by atoms with van der Waals surface area (Å²) in [5.74, 6) is 0.113. The first-order chi connectivity index (χ1) is 17.0. The van der Waals surface area contributed by atoms with Crippen molar-refractivity contribution in [1.82, 2.24) is 18.7 Å². The molecule has 9 heteroatoms. The highest BCUT2D eigenvalue weighted by atomic mass is 16.5. The number of anilines is 1. The molecule has 0 radical (unpaired) electrons. The number of fused-ring (bicyclic) bond motifs is 1. The summed E-state index contributed by atoms with van der Waals surface area (Å²) >= 11 is 0. The van der Waals surface area contributed by atoms with Crippen molar-refractivity contribution in [2.45, 2.75) is 44.8 Å². The van der Waals surface area contributed by atoms with Crippen molar-refractivity contribution in [2.24, 2.45) is 0 Å². The zero-order valence-electron chi connectivity index (χ0n) is 19.5. The Kier molecular flexibility index (Phi) is 6.22. The Bertz CT molecular complexity index is 1480. The molecule has 0 saturated heterocycles. The van der Waals surface area contributed by atoms with E-state index in [1.807, 2.05) is 34.9 Å². The number of imidazole rings is 1. The third kappa shape index (κ3) is 4.49. The fourth-order valence-electron chi connectivity index (χ4n) is 4.76. The number of nitrogens with one attached hydrogen (secondary N) is 1. The molecule has 2 aromatic heterocycles. The molecule has 2 aromatic carbocycles. The molecule has 1 N–H and O–H groups in total. The summed E-state index contributed by atoms with van der Waals surface area (Å²) in [7, 11) is 1.54. The van der Waals surface area contributed by atoms with Gasteiger partial charge in [0.1, 0.15) is 12.3 Å². The summed E-state index contributed by atoms with van der Waals surface area (Å²) in [4.78, 5) is 44.4. The standard InChI is InChI=1S/C26H27N5O4/c1-35-21-13-7-10-19(14-21)28-22(32)16-30-25(33)23-24(27-17-31(23)20-11-5-6-12-20)29(26(30)34)15-18-8-3-2-4-9-18/h2-4,7-10,13-14,17,20H,5-6,11-12,15-16H2,1H3,(H,28,32). The van der Waals surface area contributed by atoms with Crippen LogP contribution in [0.5, 0.6) is 5.75 Å². The highest BCUT2D eigenvalue weighted by molar-refractivity contribution is 5.90. The normalized spacial score (nSPS) is 13.9. The maximum absolute atomic E-state index is 13.6. The van der Waals surface area contributed by atoms with Crippen LogP contribution >= 0.6 is 0 Å². The molecule has 180 valence electrons. The van der Waals surface area contributed by atoms with Gasteiger partial charge in [-0.3, -0.25) is 14.2 Å². The van der Waals surface area contributed by atoms with E-state index in [1.165, 1.54) is 4.57 Å². The van der Waals surface area contributed by atoms with Gasteiger partial charge in [0.25, 0.3) is 5.56 Å². The molecule has 0 spiro atoms. The maximum atomic E-state index is 13.6. The summed E-state index contributed by atoms with van der Waals surface area (Å²) < 4.78 is 9.58. The number of aromatic nitrogens is 4. The lowest BCUT2D eigenvalue weighted by atomic mass is 10.2. The Labute approximate surface area is 201 Å². The van der Waals surface area contributed by atoms with Crippen molar-refractivity contribution in [2.75, 3.05) is 12.4 Å². The van der Waals surface area contributed by atoms with Crippen LogP contribution in [0.4, 0.5) is 5.69 Å². The van der Waals surface area contributed by atoms with Crippen molar-refractivity contribution in [3.63, 3.8) is 0 Å². The molecule has 1 aliphatic rings. The Balaban J connectivity index is 1.57. The van der Waals surface area contributed by atoms with E-state index in [4.69, 9.17) is 4.74 Å². The molecule has 1 amide bonds. The number of carbonyl (C=O) groups excluding carboxylic acids is 1. The molecule has 9 nitrogen and oxygen atoms in total. The highest BCUT2D eigenvalue weighted by Crippen LogP contribution is 2.31. The molecule has 0 atom stereocenters. The van der Waals surface area contributed by atoms with Gasteiger partial charge in [-0.15, -0.1) is 0 Å². The first kappa shape index (κ1) is 22.6. The smallest absolute Gasteiger partial charge is 0.333 e. The Morgan fingerprint density at radius 1 is 1.06 bits per heavy atom. The van der Waals surface area contributed by atoms with Crippen LogP contribution in [-0.2, 0) is 17.9 Å². The summed E-state index contributed by atoms with van der Waals surface area (Å²) in [5.41, 5.74) is 1.06. The molecule has 2 heterocycles. The molecule has 4 aromatic rings. The van der Waals surface area contributed by atoms with E-state index in [0.29, 0.717) is 22.6 Å². The molecule has 0 aliphatic heterocycles. The summed E-state index contributed by atoms with van der Waals surface area (Å²) in [6.45, 7) is -0.162. The van der Waals surface area contributed by atoms with Crippen molar-refractivity contribution in [3.8, 4) is 5.75 Å². The number of carbonyl (C=O) groups is 1. The fraction of sp³-hybridized carbons (Fsp3) is 0.308. The predicted molar refractivity (Wildman–Crippen MR) is 133 cm³/mol. The Hall–Kier alpha value is -4.14. The van der Waals surface area contributed by atoms with Gasteiger partial charge in [-0.25, -0.2) is 14.3 Å². The van der Waals surface area contributed by atoms with Crippen LogP contribution in [0.3, 0.4) is 0 Å². The van der Waals surface area contributed by atoms with E-state index in [-0.39, 0.29) is 12.6 Å². The average Bonchev–Trinajstić information content (AvgIpc) is 3.55. The van der Waals surface area contributed by atoms with E-state index in [9.17, 15) is 14.4 Å². The number of hydrogen-bond donors (Lipinski definition) is 1. The third-order valence-corrected chi connectivity index (χ3v) is 6.50. The lowest BCUT2D eigenvalue weighted by Gasteiger charge is -2.15. The van der Waals surface area contributed by atoms with Crippen molar-refractivity contribution < 1.29 is 9.53 Å². The van der Waals surface area contributed by atoms with Gasteiger partial charge in [-0.1, -0.05) is 49.2 Å². The molecule has 1 aliphatic carbocycles. The second-order valence-electron chi connectivity index (χ2n) is 8.79. The largest absolute Gasteiger partial charge is 0.497 e. The molecule has 5 rings (SSSR count). The number of ether oxygens (including phenoxy) is 1. The molecule has 1 saturated carbocycles. The van der Waals surface area contributed by atoms with Crippen molar-refractivity contribution in [3.05, 3.63) is 87.3 Å². The molecular formula is C26H27N5O4. The van der Waals surface area contributed by atoms with E-state index in [1.54, 1.807) is 37.7 Å². The fourth-order valence-corrected chi connectivity index (χ4v) is 4.76. The van der Waals surface area contributed by atoms with Crippen LogP contribution in [0, 0.1) is 0 Å². The lowest BCUT2D eigenvalue weighted by molar-refractivity contribution is -0.116. The van der Waals surface area contributed by atoms with Gasteiger partial charge < -0.3 is 14.6 Å². The second kappa shape index (κ2) is 9.61. The zero-order valence-corrected chi connectivity index (χ0v) is 19.5. The van der Waals surface area contributed by atoms with Gasteiger partial charge in [0, 0.05) is 17.8 Å². The van der Waals surface area contributed by atoms with Crippen LogP contribution in [0.15, 0.2) is 70.5 Å². The summed E-state index contributed by atoms with van der Waals surface area (Å²) in [6, 6.07) is 16.6. The SMILES string of the molecule is COc1cccc(NC(=O)Cn2c(=O)c3c(ncn3C3CCCC3)n(Cc3ccccc3)c2=O)c1. The predicted octanol–water partition coefficient (Wildman–Crippen LogP) is 3.17. The number of nitrogens with zero attached hydrogens (tertiary/aromatic N) is 4. The van der Waals surface area contributed by atoms with Crippen LogP contribution in [-0.4, -0.2) is 31.7 Å². The van der Waals surface area contributed by atoms with Gasteiger partial charge in [-0.2, -0.15) is 0 Å². The van der Waals surface area contributed by atoms with Gasteiger partial charge in [0.2, 0.25) is 5.91 Å². The van der Waals surface area contributed by atoms with Crippen LogP contribution in [0.1, 0.15) is 37.3 Å². The van der Waals surface area contributed by atoms with Gasteiger partial charge in [0.15, 0.2) is 11.2 Å². The van der Waals surface area contributed by atoms with Crippen LogP contribution in [0.25, 0.3) is 11.2 Å². The Morgan fingerprint density at radius 2 is 1.83 bits per heavy atom. The molecule has 0 bridgehead atoms. The minimum atomic E-state index is -0.566. The van der Waals surface area contributed by atoms with E-state index in [0.717, 1.165) is 35.8 Å². The summed E-state index contributed by atoms with van der Waals surface area (Å²) in [5, 5.41) is 2.75. The minimum Gasteiger partial charge on any atom is -0.497 e. The maximum Gasteiger partial charge on any atom is 0.333 e. The van der Waals surface area contributed by atoms with Gasteiger partial charge >= 0.3 is 5.69 Å². The van der Waals surface area contributed by atoms with E-state index in [2.05, 4.69) is 10.3 Å². The zero-order chi connectivity index (χ0) is 24.4. The van der Waals surface area contributed by atoms with Crippen molar-refractivity contribution in [1.29, 1.82) is 0 Å². The van der Waals surface area contributed by atoms with E-state index < -0.39 is 23.7 Å². The highest BCUT2D eigenvalue weighted by Gasteiger charge is 2.25.